The molecule has 4 nitrogen and oxygen atoms in total. The smallest absolute Gasteiger partial charge is 0.412 e. The normalized spacial score (nSPS) is 12.8. The van der Waals surface area contributed by atoms with Crippen molar-refractivity contribution in [2.24, 2.45) is 0 Å². The van der Waals surface area contributed by atoms with E-state index in [4.69, 9.17) is 4.74 Å². The topological polar surface area (TPSA) is 51.2 Å². The third-order valence-corrected chi connectivity index (χ3v) is 3.89. The number of carbonyl (C=O) groups excluding carboxylic acids is 1. The van der Waals surface area contributed by atoms with Crippen molar-refractivity contribution in [2.75, 3.05) is 5.32 Å². The van der Waals surface area contributed by atoms with Crippen LogP contribution in [0.25, 0.3) is 0 Å². The van der Waals surface area contributed by atoms with Crippen molar-refractivity contribution in [1.82, 2.24) is 4.98 Å². The van der Waals surface area contributed by atoms with Crippen LogP contribution in [0.2, 0.25) is 0 Å². The zero-order chi connectivity index (χ0) is 15.5. The highest BCUT2D eigenvalue weighted by Crippen LogP contribution is 2.27. The van der Waals surface area contributed by atoms with Gasteiger partial charge in [-0.25, -0.2) is 4.79 Å². The van der Waals surface area contributed by atoms with Crippen LogP contribution in [0.5, 0.6) is 0 Å². The van der Waals surface area contributed by atoms with Crippen molar-refractivity contribution in [3.05, 3.63) is 46.4 Å². The van der Waals surface area contributed by atoms with Gasteiger partial charge in [0.05, 0.1) is 5.51 Å². The third kappa shape index (κ3) is 4.56. The molecule has 5 heteroatoms. The largest absolute Gasteiger partial charge is 0.444 e. The molecule has 1 heterocycles. The number of ether oxygens (including phenoxy) is 1. The van der Waals surface area contributed by atoms with Gasteiger partial charge in [-0.15, -0.1) is 11.3 Å². The Hall–Kier alpha value is -1.88. The van der Waals surface area contributed by atoms with E-state index in [0.717, 1.165) is 5.69 Å². The van der Waals surface area contributed by atoms with Crippen molar-refractivity contribution < 1.29 is 9.53 Å². The first-order valence-corrected chi connectivity index (χ1v) is 7.71. The van der Waals surface area contributed by atoms with Crippen LogP contribution >= 0.6 is 11.3 Å². The van der Waals surface area contributed by atoms with E-state index >= 15 is 0 Å². The Labute approximate surface area is 129 Å². The second-order valence-electron chi connectivity index (χ2n) is 5.87. The summed E-state index contributed by atoms with van der Waals surface area (Å²) in [6.45, 7) is 7.66. The van der Waals surface area contributed by atoms with Gasteiger partial charge in [-0.1, -0.05) is 19.1 Å². The molecule has 1 aromatic heterocycles. The lowest BCUT2D eigenvalue weighted by Crippen LogP contribution is -2.27. The van der Waals surface area contributed by atoms with Gasteiger partial charge in [-0.3, -0.25) is 10.3 Å². The highest BCUT2D eigenvalue weighted by atomic mass is 32.1. The van der Waals surface area contributed by atoms with Gasteiger partial charge >= 0.3 is 6.09 Å². The first-order valence-electron chi connectivity index (χ1n) is 6.83. The lowest BCUT2D eigenvalue weighted by molar-refractivity contribution is 0.0636. The van der Waals surface area contributed by atoms with E-state index < -0.39 is 11.7 Å². The lowest BCUT2D eigenvalue weighted by atomic mass is 10.00. The van der Waals surface area contributed by atoms with Crippen LogP contribution in [0, 0.1) is 0 Å². The third-order valence-electron chi connectivity index (χ3n) is 2.93. The first-order chi connectivity index (χ1) is 9.85. The Kier molecular flexibility index (Phi) is 4.63. The fraction of sp³-hybridized carbons (Fsp3) is 0.375. The van der Waals surface area contributed by atoms with Crippen molar-refractivity contribution in [3.8, 4) is 0 Å². The molecule has 0 saturated carbocycles. The summed E-state index contributed by atoms with van der Waals surface area (Å²) in [4.78, 5) is 17.0. The molecular formula is C16H20N2O2S. The molecule has 0 aliphatic heterocycles. The van der Waals surface area contributed by atoms with E-state index in [1.807, 2.05) is 56.7 Å². The Morgan fingerprint density at radius 1 is 1.29 bits per heavy atom. The first kappa shape index (κ1) is 15.5. The van der Waals surface area contributed by atoms with E-state index in [9.17, 15) is 4.79 Å². The summed E-state index contributed by atoms with van der Waals surface area (Å²) >= 11 is 1.65. The van der Waals surface area contributed by atoms with Gasteiger partial charge in [-0.2, -0.15) is 0 Å². The van der Waals surface area contributed by atoms with Crippen molar-refractivity contribution in [1.29, 1.82) is 0 Å². The average molecular weight is 304 g/mol. The molecule has 112 valence electrons. The average Bonchev–Trinajstić information content (AvgIpc) is 2.90. The SMILES string of the molecule is C[C@H](c1ccc(NC(=O)OC(C)(C)C)cc1)c1cncs1. The predicted octanol–water partition coefficient (Wildman–Crippen LogP) is 4.64. The fourth-order valence-electron chi connectivity index (χ4n) is 1.88. The summed E-state index contributed by atoms with van der Waals surface area (Å²) in [7, 11) is 0. The van der Waals surface area contributed by atoms with Crippen molar-refractivity contribution >= 4 is 23.1 Å². The van der Waals surface area contributed by atoms with Gasteiger partial charge in [0.1, 0.15) is 5.60 Å². The second kappa shape index (κ2) is 6.26. The molecule has 1 aromatic carbocycles. The molecule has 0 fully saturated rings. The predicted molar refractivity (Wildman–Crippen MR) is 85.9 cm³/mol. The summed E-state index contributed by atoms with van der Waals surface area (Å²) in [5.41, 5.74) is 3.26. The molecule has 21 heavy (non-hydrogen) atoms. The molecule has 0 bridgehead atoms. The Morgan fingerprint density at radius 2 is 1.95 bits per heavy atom. The van der Waals surface area contributed by atoms with Crippen LogP contribution in [0.1, 0.15) is 44.1 Å². The quantitative estimate of drug-likeness (QED) is 0.898. The van der Waals surface area contributed by atoms with Crippen LogP contribution in [-0.2, 0) is 4.74 Å². The number of aromatic nitrogens is 1. The molecule has 1 amide bonds. The Balaban J connectivity index is 2.01. The number of rotatable bonds is 3. The lowest BCUT2D eigenvalue weighted by Gasteiger charge is -2.19. The maximum absolute atomic E-state index is 11.7. The van der Waals surface area contributed by atoms with Gasteiger partial charge in [-0.05, 0) is 38.5 Å². The monoisotopic (exact) mass is 304 g/mol. The van der Waals surface area contributed by atoms with Crippen LogP contribution in [0.3, 0.4) is 0 Å². The van der Waals surface area contributed by atoms with E-state index in [0.29, 0.717) is 5.92 Å². The molecule has 0 aliphatic carbocycles. The van der Waals surface area contributed by atoms with Crippen molar-refractivity contribution in [2.45, 2.75) is 39.2 Å². The fourth-order valence-corrected chi connectivity index (χ4v) is 2.59. The summed E-state index contributed by atoms with van der Waals surface area (Å²) in [6, 6.07) is 7.79. The molecule has 0 spiro atoms. The summed E-state index contributed by atoms with van der Waals surface area (Å²) < 4.78 is 5.22. The van der Waals surface area contributed by atoms with Gasteiger partial charge in [0.15, 0.2) is 0 Å². The van der Waals surface area contributed by atoms with Crippen LogP contribution < -0.4 is 5.32 Å². The minimum Gasteiger partial charge on any atom is -0.444 e. The number of thiazole rings is 1. The maximum Gasteiger partial charge on any atom is 0.412 e. The van der Waals surface area contributed by atoms with E-state index in [2.05, 4.69) is 17.2 Å². The van der Waals surface area contributed by atoms with Gasteiger partial charge in [0, 0.05) is 22.7 Å². The number of nitrogens with zero attached hydrogens (tertiary/aromatic N) is 1. The molecular weight excluding hydrogens is 284 g/mol. The Morgan fingerprint density at radius 3 is 2.48 bits per heavy atom. The van der Waals surface area contributed by atoms with E-state index in [1.54, 1.807) is 11.3 Å². The summed E-state index contributed by atoms with van der Waals surface area (Å²) in [6.07, 6.45) is 1.45. The molecule has 1 atom stereocenters. The van der Waals surface area contributed by atoms with E-state index in [1.165, 1.54) is 10.4 Å². The van der Waals surface area contributed by atoms with Gasteiger partial charge in [0.25, 0.3) is 0 Å². The van der Waals surface area contributed by atoms with Gasteiger partial charge in [0.2, 0.25) is 0 Å². The van der Waals surface area contributed by atoms with Gasteiger partial charge < -0.3 is 4.74 Å². The zero-order valence-corrected chi connectivity index (χ0v) is 13.5. The van der Waals surface area contributed by atoms with Crippen LogP contribution in [-0.4, -0.2) is 16.7 Å². The minimum absolute atomic E-state index is 0.299. The van der Waals surface area contributed by atoms with Crippen LogP contribution in [0.15, 0.2) is 36.0 Å². The standard InChI is InChI=1S/C16H20N2O2S/c1-11(14-9-17-10-21-14)12-5-7-13(8-6-12)18-15(19)20-16(2,3)4/h5-11H,1-4H3,(H,18,19)/t11-/m1/s1. The number of carbonyl (C=O) groups is 1. The molecule has 2 aromatic rings. The highest BCUT2D eigenvalue weighted by molar-refractivity contribution is 7.09. The molecule has 0 saturated heterocycles. The second-order valence-corrected chi connectivity index (χ2v) is 6.79. The molecule has 1 N–H and O–H groups in total. The summed E-state index contributed by atoms with van der Waals surface area (Å²) in [5.74, 6) is 0.299. The maximum atomic E-state index is 11.7. The van der Waals surface area contributed by atoms with Crippen molar-refractivity contribution in [3.63, 3.8) is 0 Å². The number of benzene rings is 1. The molecule has 2 rings (SSSR count). The molecule has 0 radical (unpaired) electrons. The zero-order valence-electron chi connectivity index (χ0n) is 12.7. The number of hydrogen-bond acceptors (Lipinski definition) is 4. The van der Waals surface area contributed by atoms with Crippen LogP contribution in [0.4, 0.5) is 10.5 Å². The highest BCUT2D eigenvalue weighted by Gasteiger charge is 2.16. The molecule has 0 unspecified atom stereocenters. The molecule has 0 aliphatic rings. The summed E-state index contributed by atoms with van der Waals surface area (Å²) in [5, 5.41) is 2.73. The number of amides is 1. The number of anilines is 1. The Bertz CT molecular complexity index is 586. The number of nitrogens with one attached hydrogen (secondary N) is 1. The van der Waals surface area contributed by atoms with E-state index in [-0.39, 0.29) is 0 Å². The minimum atomic E-state index is -0.495. The number of hydrogen-bond donors (Lipinski definition) is 1.